The Morgan fingerprint density at radius 3 is 2.77 bits per heavy atom. The van der Waals surface area contributed by atoms with Gasteiger partial charge in [-0.1, -0.05) is 29.8 Å². The molecule has 1 aromatic heterocycles. The number of fused-ring (bicyclic) bond motifs is 1. The minimum absolute atomic E-state index is 0.108. The highest BCUT2D eigenvalue weighted by Gasteiger charge is 2.48. The van der Waals surface area contributed by atoms with Crippen molar-refractivity contribution in [1.82, 2.24) is 9.78 Å². The molecule has 0 fully saturated rings. The van der Waals surface area contributed by atoms with Crippen LogP contribution >= 0.6 is 11.6 Å². The van der Waals surface area contributed by atoms with Gasteiger partial charge in [0.05, 0.1) is 29.4 Å². The fourth-order valence-corrected chi connectivity index (χ4v) is 3.00. The Kier molecular flexibility index (Phi) is 4.38. The van der Waals surface area contributed by atoms with E-state index in [4.69, 9.17) is 16.7 Å². The van der Waals surface area contributed by atoms with Crippen molar-refractivity contribution in [3.8, 4) is 6.07 Å². The molecule has 0 bridgehead atoms. The number of hydrogen-bond acceptors (Lipinski definition) is 3. The van der Waals surface area contributed by atoms with Crippen molar-refractivity contribution in [1.29, 1.82) is 5.26 Å². The molecule has 8 heteroatoms. The summed E-state index contributed by atoms with van der Waals surface area (Å²) >= 11 is 6.18. The summed E-state index contributed by atoms with van der Waals surface area (Å²) in [6.45, 7) is 1.83. The van der Waals surface area contributed by atoms with Crippen LogP contribution in [0.2, 0.25) is 5.02 Å². The first-order valence-corrected chi connectivity index (χ1v) is 7.92. The zero-order chi connectivity index (χ0) is 19.1. The predicted molar refractivity (Wildman–Crippen MR) is 92.3 cm³/mol. The molecule has 2 N–H and O–H groups in total. The van der Waals surface area contributed by atoms with E-state index in [2.05, 4.69) is 5.10 Å². The van der Waals surface area contributed by atoms with Crippen LogP contribution in [0.3, 0.4) is 0 Å². The van der Waals surface area contributed by atoms with Gasteiger partial charge in [0, 0.05) is 26.3 Å². The van der Waals surface area contributed by atoms with Gasteiger partial charge in [-0.25, -0.2) is 0 Å². The lowest BCUT2D eigenvalue weighted by molar-refractivity contribution is -0.166. The van der Waals surface area contributed by atoms with E-state index >= 15 is 0 Å². The smallest absolute Gasteiger partial charge is 0.560 e. The van der Waals surface area contributed by atoms with Crippen LogP contribution in [0.1, 0.15) is 22.4 Å². The summed E-state index contributed by atoms with van der Waals surface area (Å²) in [6.07, 6.45) is 0. The number of hydrogen-bond donors (Lipinski definition) is 0. The normalized spacial score (nSPS) is 11.5. The van der Waals surface area contributed by atoms with Gasteiger partial charge >= 0.3 is 11.9 Å². The maximum Gasteiger partial charge on any atom is 0.591 e. The van der Waals surface area contributed by atoms with Crippen LogP contribution in [0, 0.1) is 18.3 Å². The van der Waals surface area contributed by atoms with Crippen LogP contribution in [0.15, 0.2) is 36.4 Å². The first-order chi connectivity index (χ1) is 12.3. The Hall–Kier alpha value is -2.98. The number of nitrogens with zero attached hydrogens (tertiary/aromatic N) is 3. The molecular formula is C18H13ClF2N3O2+. The van der Waals surface area contributed by atoms with E-state index in [1.807, 2.05) is 6.07 Å². The third-order valence-corrected chi connectivity index (χ3v) is 4.49. The molecule has 0 radical (unpaired) electrons. The quantitative estimate of drug-likeness (QED) is 0.655. The van der Waals surface area contributed by atoms with Gasteiger partial charge in [-0.05, 0) is 25.1 Å². The highest BCUT2D eigenvalue weighted by Crippen LogP contribution is 2.32. The SMILES string of the molecule is Cc1nn(Cc2c(Cl)cccc2C#N)c2cc(C(F)(F)C(=O)[OH2+])ccc12. The number of aromatic nitrogens is 2. The molecule has 26 heavy (non-hydrogen) atoms. The standard InChI is InChI=1S/C18H12ClF2N3O2/c1-10-13-6-5-12(18(20,21)17(25)26)7-16(13)24(23-10)9-14-11(8-22)3-2-4-15(14)19/h2-7H,9H2,1H3,(H,25,26)/p+1. The van der Waals surface area contributed by atoms with E-state index in [9.17, 15) is 18.8 Å². The highest BCUT2D eigenvalue weighted by molar-refractivity contribution is 6.31. The summed E-state index contributed by atoms with van der Waals surface area (Å²) in [4.78, 5) is 11.0. The topological polar surface area (TPSA) is 81.6 Å². The number of nitriles is 1. The van der Waals surface area contributed by atoms with Crippen molar-refractivity contribution >= 4 is 28.5 Å². The van der Waals surface area contributed by atoms with Crippen LogP contribution in [0.5, 0.6) is 0 Å². The van der Waals surface area contributed by atoms with E-state index in [1.165, 1.54) is 10.7 Å². The third kappa shape index (κ3) is 2.89. The van der Waals surface area contributed by atoms with Crippen molar-refractivity contribution in [3.05, 3.63) is 63.8 Å². The van der Waals surface area contributed by atoms with Crippen LogP contribution in [0.4, 0.5) is 8.78 Å². The highest BCUT2D eigenvalue weighted by atomic mass is 35.5. The fourth-order valence-electron chi connectivity index (χ4n) is 2.76. The molecule has 5 nitrogen and oxygen atoms in total. The number of halogens is 3. The molecular weight excluding hydrogens is 364 g/mol. The lowest BCUT2D eigenvalue weighted by atomic mass is 10.1. The van der Waals surface area contributed by atoms with Crippen molar-refractivity contribution in [2.24, 2.45) is 0 Å². The molecule has 0 saturated carbocycles. The molecule has 3 rings (SSSR count). The summed E-state index contributed by atoms with van der Waals surface area (Å²) in [5, 5.41) is 21.4. The summed E-state index contributed by atoms with van der Waals surface area (Å²) in [7, 11) is 0. The molecule has 0 aliphatic heterocycles. The van der Waals surface area contributed by atoms with Gasteiger partial charge in [0.25, 0.3) is 0 Å². The molecule has 3 aromatic rings. The summed E-state index contributed by atoms with van der Waals surface area (Å²) in [6, 6.07) is 10.6. The Bertz CT molecular complexity index is 1070. The molecule has 2 aromatic carbocycles. The Morgan fingerprint density at radius 2 is 2.12 bits per heavy atom. The molecule has 0 amide bonds. The molecule has 0 spiro atoms. The largest absolute Gasteiger partial charge is 0.591 e. The number of rotatable bonds is 4. The van der Waals surface area contributed by atoms with Gasteiger partial charge in [0.1, 0.15) is 0 Å². The second kappa shape index (κ2) is 6.39. The van der Waals surface area contributed by atoms with E-state index < -0.39 is 17.5 Å². The van der Waals surface area contributed by atoms with E-state index in [0.29, 0.717) is 32.7 Å². The van der Waals surface area contributed by atoms with Crippen molar-refractivity contribution in [3.63, 3.8) is 0 Å². The zero-order valence-electron chi connectivity index (χ0n) is 13.6. The number of carbonyl (C=O) groups excluding carboxylic acids is 1. The van der Waals surface area contributed by atoms with Gasteiger partial charge in [0.15, 0.2) is 0 Å². The second-order valence-corrected chi connectivity index (χ2v) is 6.16. The van der Waals surface area contributed by atoms with Crippen molar-refractivity contribution in [2.75, 3.05) is 0 Å². The lowest BCUT2D eigenvalue weighted by Gasteiger charge is -2.10. The van der Waals surface area contributed by atoms with Crippen LogP contribution in [-0.4, -0.2) is 20.9 Å². The second-order valence-electron chi connectivity index (χ2n) is 5.76. The average Bonchev–Trinajstić information content (AvgIpc) is 2.92. The molecule has 1 heterocycles. The first-order valence-electron chi connectivity index (χ1n) is 7.54. The molecule has 0 unspecified atom stereocenters. The summed E-state index contributed by atoms with van der Waals surface area (Å²) in [5.74, 6) is -5.88. The minimum atomic E-state index is -3.90. The van der Waals surface area contributed by atoms with Crippen LogP contribution in [-0.2, 0) is 17.3 Å². The van der Waals surface area contributed by atoms with E-state index in [-0.39, 0.29) is 6.54 Å². The van der Waals surface area contributed by atoms with E-state index in [1.54, 1.807) is 25.1 Å². The monoisotopic (exact) mass is 376 g/mol. The van der Waals surface area contributed by atoms with Crippen molar-refractivity contribution in [2.45, 2.75) is 19.4 Å². The molecule has 132 valence electrons. The Labute approximate surface area is 152 Å². The van der Waals surface area contributed by atoms with E-state index in [0.717, 1.165) is 12.1 Å². The van der Waals surface area contributed by atoms with Gasteiger partial charge in [-0.2, -0.15) is 19.1 Å². The minimum Gasteiger partial charge on any atom is -0.560 e. The van der Waals surface area contributed by atoms with Crippen molar-refractivity contribution < 1.29 is 18.7 Å². The number of carbonyl (C=O) groups is 1. The molecule has 0 aliphatic carbocycles. The number of benzene rings is 2. The van der Waals surface area contributed by atoms with Crippen LogP contribution < -0.4 is 0 Å². The number of alkyl halides is 2. The third-order valence-electron chi connectivity index (χ3n) is 4.13. The van der Waals surface area contributed by atoms with Crippen LogP contribution in [0.25, 0.3) is 10.9 Å². The fraction of sp³-hybridized carbons (Fsp3) is 0.167. The Balaban J connectivity index is 2.16. The maximum absolute atomic E-state index is 13.9. The summed E-state index contributed by atoms with van der Waals surface area (Å²) in [5.41, 5.74) is 1.28. The molecule has 0 saturated heterocycles. The molecule has 0 aliphatic rings. The maximum atomic E-state index is 13.9. The lowest BCUT2D eigenvalue weighted by Crippen LogP contribution is -2.25. The Morgan fingerprint density at radius 1 is 1.38 bits per heavy atom. The zero-order valence-corrected chi connectivity index (χ0v) is 14.3. The van der Waals surface area contributed by atoms with Gasteiger partial charge in [0.2, 0.25) is 0 Å². The first kappa shape index (κ1) is 17.8. The number of aryl methyl sites for hydroxylation is 1. The molecule has 0 atom stereocenters. The van der Waals surface area contributed by atoms with Gasteiger partial charge in [-0.3, -0.25) is 4.68 Å². The summed E-state index contributed by atoms with van der Waals surface area (Å²) < 4.78 is 29.3. The van der Waals surface area contributed by atoms with Gasteiger partial charge < -0.3 is 5.11 Å². The van der Waals surface area contributed by atoms with Gasteiger partial charge in [-0.15, -0.1) is 0 Å². The average molecular weight is 377 g/mol. The predicted octanol–water partition coefficient (Wildman–Crippen LogP) is 3.26.